The number of carbonyl (C=O) groups excluding carboxylic acids is 3. The number of aromatic nitrogens is 1. The molecule has 0 aliphatic carbocycles. The van der Waals surface area contributed by atoms with Gasteiger partial charge >= 0.3 is 12.1 Å². The number of nitrogens with zero attached hydrogens (tertiary/aromatic N) is 3. The molecule has 0 radical (unpaired) electrons. The lowest BCUT2D eigenvalue weighted by Crippen LogP contribution is -2.48. The smallest absolute Gasteiger partial charge is 0.323 e. The van der Waals surface area contributed by atoms with Gasteiger partial charge in [-0.25, -0.2) is 9.59 Å². The number of hydrogen-bond donors (Lipinski definition) is 4. The Labute approximate surface area is 267 Å². The number of anilines is 3. The highest BCUT2D eigenvalue weighted by Gasteiger charge is 2.32. The molecule has 1 aliphatic rings. The molecular weight excluding hydrogens is 588 g/mol. The quantitative estimate of drug-likeness (QED) is 0.214. The number of nitrogens with one attached hydrogen (secondary N) is 3. The summed E-state index contributed by atoms with van der Waals surface area (Å²) in [4.78, 5) is 43.0. The maximum absolute atomic E-state index is 13.6. The van der Waals surface area contributed by atoms with Crippen molar-refractivity contribution < 1.29 is 28.8 Å². The van der Waals surface area contributed by atoms with Crippen molar-refractivity contribution in [3.05, 3.63) is 77.7 Å². The van der Waals surface area contributed by atoms with Crippen molar-refractivity contribution in [1.82, 2.24) is 15.0 Å². The first-order valence-corrected chi connectivity index (χ1v) is 15.2. The Kier molecular flexibility index (Phi) is 9.76. The maximum atomic E-state index is 13.6. The molecule has 12 heteroatoms. The number of aliphatic hydroxyl groups excluding tert-OH is 1. The van der Waals surface area contributed by atoms with Crippen LogP contribution in [0.15, 0.2) is 65.2 Å². The lowest BCUT2D eigenvalue weighted by atomic mass is 10.0. The van der Waals surface area contributed by atoms with Crippen molar-refractivity contribution in [2.24, 2.45) is 5.92 Å². The van der Waals surface area contributed by atoms with Crippen LogP contribution in [0, 0.1) is 19.8 Å². The minimum absolute atomic E-state index is 0.00245. The minimum atomic E-state index is -0.497. The molecule has 46 heavy (non-hydrogen) atoms. The van der Waals surface area contributed by atoms with Gasteiger partial charge in [-0.1, -0.05) is 48.5 Å². The van der Waals surface area contributed by atoms with Gasteiger partial charge in [0.25, 0.3) is 0 Å². The largest absolute Gasteiger partial charge is 0.488 e. The van der Waals surface area contributed by atoms with E-state index >= 15 is 0 Å². The highest BCUT2D eigenvalue weighted by atomic mass is 16.5. The summed E-state index contributed by atoms with van der Waals surface area (Å²) in [6.45, 7) is 7.54. The van der Waals surface area contributed by atoms with Crippen molar-refractivity contribution in [2.75, 3.05) is 42.7 Å². The second-order valence-corrected chi connectivity index (χ2v) is 11.8. The molecule has 1 aliphatic heterocycles. The van der Waals surface area contributed by atoms with Gasteiger partial charge in [-0.05, 0) is 50.4 Å². The molecule has 4 N–H and O–H groups in total. The fourth-order valence-electron chi connectivity index (χ4n) is 5.56. The predicted molar refractivity (Wildman–Crippen MR) is 176 cm³/mol. The van der Waals surface area contributed by atoms with Gasteiger partial charge in [0, 0.05) is 36.1 Å². The first kappa shape index (κ1) is 32.3. The SMILES string of the molecule is Cc1noc(C)c1NC(=O)Nc1ccc2c(c1)CC(=O)N([C@@H](C)CO)C[C@@H](C)[C@H](CN(C)C(=O)Nc1cccc3ccccc13)O2. The molecule has 4 aromatic rings. The second-order valence-electron chi connectivity index (χ2n) is 11.8. The molecule has 0 fully saturated rings. The number of aliphatic hydroxyl groups is 1. The molecule has 1 aromatic heterocycles. The lowest BCUT2D eigenvalue weighted by molar-refractivity contribution is -0.134. The average molecular weight is 629 g/mol. The highest BCUT2D eigenvalue weighted by Crippen LogP contribution is 2.30. The van der Waals surface area contributed by atoms with Crippen LogP contribution in [0.1, 0.15) is 30.9 Å². The standard InChI is InChI=1S/C34H40N6O6/c1-20-17-40(21(2)19-41)31(42)16-25-15-26(35-33(43)37-32-22(3)38-46-23(32)4)13-14-29(25)45-30(20)18-39(5)34(44)36-28-12-8-10-24-9-6-7-11-27(24)28/h6-15,20-21,30,41H,16-19H2,1-5H3,(H,36,44)(H2,35,37,43)/t20-,21+,30+/m1/s1. The first-order chi connectivity index (χ1) is 22.0. The monoisotopic (exact) mass is 628 g/mol. The van der Waals surface area contributed by atoms with Gasteiger partial charge in [-0.15, -0.1) is 0 Å². The lowest BCUT2D eigenvalue weighted by Gasteiger charge is -2.34. The number of fused-ring (bicyclic) bond motifs is 2. The van der Waals surface area contributed by atoms with Crippen LogP contribution in [0.25, 0.3) is 10.8 Å². The molecule has 5 amide bonds. The van der Waals surface area contributed by atoms with Crippen molar-refractivity contribution in [3.8, 4) is 5.75 Å². The third kappa shape index (κ3) is 7.23. The number of benzene rings is 3. The molecule has 0 saturated carbocycles. The summed E-state index contributed by atoms with van der Waals surface area (Å²) in [6.07, 6.45) is -0.500. The van der Waals surface area contributed by atoms with Crippen LogP contribution >= 0.6 is 0 Å². The van der Waals surface area contributed by atoms with Crippen LogP contribution in [0.5, 0.6) is 5.75 Å². The fraction of sp³-hybridized carbons (Fsp3) is 0.353. The number of likely N-dealkylation sites (N-methyl/N-ethyl adjacent to an activating group) is 1. The zero-order chi connectivity index (χ0) is 33.0. The van der Waals surface area contributed by atoms with Gasteiger partial charge in [0.2, 0.25) is 5.91 Å². The third-order valence-corrected chi connectivity index (χ3v) is 8.28. The summed E-state index contributed by atoms with van der Waals surface area (Å²) in [5, 5.41) is 24.3. The number of carbonyl (C=O) groups is 3. The van der Waals surface area contributed by atoms with Crippen LogP contribution < -0.4 is 20.7 Å². The van der Waals surface area contributed by atoms with E-state index in [1.165, 1.54) is 0 Å². The number of rotatable bonds is 7. The Morgan fingerprint density at radius 2 is 1.85 bits per heavy atom. The van der Waals surface area contributed by atoms with E-state index in [0.29, 0.717) is 46.4 Å². The Balaban J connectivity index is 1.37. The summed E-state index contributed by atoms with van der Waals surface area (Å²) < 4.78 is 11.7. The van der Waals surface area contributed by atoms with Crippen LogP contribution in [-0.2, 0) is 11.2 Å². The third-order valence-electron chi connectivity index (χ3n) is 8.28. The molecule has 12 nitrogen and oxygen atoms in total. The summed E-state index contributed by atoms with van der Waals surface area (Å²) in [6, 6.07) is 17.5. The Hall–Kier alpha value is -5.10. The summed E-state index contributed by atoms with van der Waals surface area (Å²) in [5.74, 6) is 0.576. The highest BCUT2D eigenvalue weighted by molar-refractivity contribution is 6.02. The Morgan fingerprint density at radius 1 is 1.09 bits per heavy atom. The van der Waals surface area contributed by atoms with E-state index in [4.69, 9.17) is 9.26 Å². The minimum Gasteiger partial charge on any atom is -0.488 e. The fourth-order valence-corrected chi connectivity index (χ4v) is 5.56. The number of aryl methyl sites for hydroxylation is 2. The van der Waals surface area contributed by atoms with Crippen molar-refractivity contribution in [3.63, 3.8) is 0 Å². The van der Waals surface area contributed by atoms with Crippen LogP contribution in [-0.4, -0.2) is 76.9 Å². The predicted octanol–water partition coefficient (Wildman–Crippen LogP) is 5.40. The normalized spacial score (nSPS) is 17.2. The Morgan fingerprint density at radius 3 is 2.59 bits per heavy atom. The topological polar surface area (TPSA) is 149 Å². The number of amides is 5. The van der Waals surface area contributed by atoms with Gasteiger partial charge in [0.1, 0.15) is 23.2 Å². The van der Waals surface area contributed by atoms with Gasteiger partial charge in [-0.2, -0.15) is 0 Å². The van der Waals surface area contributed by atoms with E-state index in [1.54, 1.807) is 55.8 Å². The van der Waals surface area contributed by atoms with E-state index in [0.717, 1.165) is 10.8 Å². The van der Waals surface area contributed by atoms with Crippen molar-refractivity contribution in [2.45, 2.75) is 46.3 Å². The molecular formula is C34H40N6O6. The van der Waals surface area contributed by atoms with Crippen molar-refractivity contribution in [1.29, 1.82) is 0 Å². The maximum Gasteiger partial charge on any atom is 0.323 e. The molecule has 0 saturated heterocycles. The Bertz CT molecular complexity index is 1710. The number of hydrogen-bond acceptors (Lipinski definition) is 7. The molecule has 5 rings (SSSR count). The molecule has 0 bridgehead atoms. The molecule has 3 atom stereocenters. The molecule has 2 heterocycles. The zero-order valence-corrected chi connectivity index (χ0v) is 26.7. The summed E-state index contributed by atoms with van der Waals surface area (Å²) in [5.41, 5.74) is 2.76. The van der Waals surface area contributed by atoms with Crippen LogP contribution in [0.4, 0.5) is 26.7 Å². The molecule has 0 unspecified atom stereocenters. The van der Waals surface area contributed by atoms with Crippen LogP contribution in [0.2, 0.25) is 0 Å². The van der Waals surface area contributed by atoms with Crippen LogP contribution in [0.3, 0.4) is 0 Å². The summed E-state index contributed by atoms with van der Waals surface area (Å²) in [7, 11) is 1.70. The number of urea groups is 2. The molecule has 3 aromatic carbocycles. The molecule has 242 valence electrons. The second kappa shape index (κ2) is 13.9. The summed E-state index contributed by atoms with van der Waals surface area (Å²) >= 11 is 0. The van der Waals surface area contributed by atoms with E-state index in [9.17, 15) is 19.5 Å². The van der Waals surface area contributed by atoms with Crippen molar-refractivity contribution >= 4 is 45.8 Å². The van der Waals surface area contributed by atoms with E-state index in [2.05, 4.69) is 21.1 Å². The van der Waals surface area contributed by atoms with Gasteiger partial charge in [0.15, 0.2) is 5.76 Å². The van der Waals surface area contributed by atoms with E-state index in [1.807, 2.05) is 49.4 Å². The molecule has 0 spiro atoms. The van der Waals surface area contributed by atoms with E-state index in [-0.39, 0.29) is 37.4 Å². The van der Waals surface area contributed by atoms with Gasteiger partial charge in [-0.3, -0.25) is 4.79 Å². The zero-order valence-electron chi connectivity index (χ0n) is 26.7. The van der Waals surface area contributed by atoms with E-state index < -0.39 is 18.2 Å². The van der Waals surface area contributed by atoms with Gasteiger partial charge < -0.3 is 40.1 Å². The van der Waals surface area contributed by atoms with Gasteiger partial charge in [0.05, 0.1) is 31.3 Å². The first-order valence-electron chi connectivity index (χ1n) is 15.2. The average Bonchev–Trinajstić information content (AvgIpc) is 3.37. The number of ether oxygens (including phenoxy) is 1.